The first-order chi connectivity index (χ1) is 19.7. The molecule has 7 rings (SSSR count). The third kappa shape index (κ3) is 4.16. The van der Waals surface area contributed by atoms with Crippen LogP contribution in [-0.4, -0.2) is 32.9 Å². The summed E-state index contributed by atoms with van der Waals surface area (Å²) in [5.74, 6) is 0. The van der Waals surface area contributed by atoms with Crippen molar-refractivity contribution in [1.82, 2.24) is 9.13 Å². The van der Waals surface area contributed by atoms with E-state index in [0.29, 0.717) is 7.48 Å². The SMILES string of the molecule is CC(C)(O)C(C)(C)OBc1ccc2c(c1)c1ccc(-n3c4ccccc4c4ccccc43)cc1n2-c1ccccc1. The molecule has 0 saturated heterocycles. The maximum atomic E-state index is 10.6. The monoisotopic (exact) mass is 536 g/mol. The molecule has 0 atom stereocenters. The van der Waals surface area contributed by atoms with E-state index in [2.05, 4.69) is 124 Å². The molecule has 0 radical (unpaired) electrons. The van der Waals surface area contributed by atoms with E-state index in [1.165, 1.54) is 32.6 Å². The Labute approximate surface area is 240 Å². The molecule has 4 nitrogen and oxygen atoms in total. The van der Waals surface area contributed by atoms with Gasteiger partial charge in [-0.1, -0.05) is 78.3 Å². The molecule has 2 aromatic heterocycles. The number of rotatable bonds is 6. The first kappa shape index (κ1) is 25.6. The number of fused-ring (bicyclic) bond motifs is 6. The Bertz CT molecular complexity index is 2010. The van der Waals surface area contributed by atoms with Gasteiger partial charge >= 0.3 is 7.48 Å². The normalized spacial score (nSPS) is 12.6. The Morgan fingerprint density at radius 2 is 1.10 bits per heavy atom. The molecule has 7 aromatic rings. The van der Waals surface area contributed by atoms with Gasteiger partial charge in [-0.05, 0) is 70.2 Å². The van der Waals surface area contributed by atoms with Gasteiger partial charge in [-0.2, -0.15) is 0 Å². The topological polar surface area (TPSA) is 39.3 Å². The second-order valence-electron chi connectivity index (χ2n) is 12.0. The standard InChI is InChI=1S/C36H33BN2O2/c1-35(2,40)36(3,4)41-37-24-18-21-33-30(22-24)29-20-19-26(23-34(29)38(33)25-12-6-5-7-13-25)39-31-16-10-8-14-27(31)28-15-9-11-17-32(28)39/h5-23,37,40H,1-4H3. The maximum absolute atomic E-state index is 10.6. The lowest BCUT2D eigenvalue weighted by molar-refractivity contribution is -0.0893. The van der Waals surface area contributed by atoms with Crippen molar-refractivity contribution in [3.05, 3.63) is 115 Å². The predicted octanol–water partition coefficient (Wildman–Crippen LogP) is 7.42. The molecule has 0 aliphatic rings. The highest BCUT2D eigenvalue weighted by Crippen LogP contribution is 2.36. The van der Waals surface area contributed by atoms with Gasteiger partial charge in [0.15, 0.2) is 0 Å². The van der Waals surface area contributed by atoms with Crippen LogP contribution in [0.1, 0.15) is 27.7 Å². The molecule has 0 spiro atoms. The summed E-state index contributed by atoms with van der Waals surface area (Å²) in [7, 11) is 0.421. The van der Waals surface area contributed by atoms with Gasteiger partial charge in [0.2, 0.25) is 0 Å². The van der Waals surface area contributed by atoms with Crippen molar-refractivity contribution in [3.8, 4) is 11.4 Å². The molecule has 0 bridgehead atoms. The van der Waals surface area contributed by atoms with Crippen molar-refractivity contribution in [2.45, 2.75) is 38.9 Å². The highest BCUT2D eigenvalue weighted by molar-refractivity contribution is 6.47. The summed E-state index contributed by atoms with van der Waals surface area (Å²) in [5, 5.41) is 15.5. The molecule has 0 aliphatic heterocycles. The van der Waals surface area contributed by atoms with Crippen LogP contribution in [-0.2, 0) is 4.65 Å². The van der Waals surface area contributed by atoms with Crippen LogP contribution in [0.4, 0.5) is 0 Å². The summed E-state index contributed by atoms with van der Waals surface area (Å²) < 4.78 is 10.9. The molecule has 5 aromatic carbocycles. The van der Waals surface area contributed by atoms with E-state index < -0.39 is 11.2 Å². The minimum absolute atomic E-state index is 0.421. The van der Waals surface area contributed by atoms with Gasteiger partial charge in [0.05, 0.1) is 33.3 Å². The van der Waals surface area contributed by atoms with Crippen molar-refractivity contribution < 1.29 is 9.76 Å². The molecule has 41 heavy (non-hydrogen) atoms. The molecule has 0 amide bonds. The van der Waals surface area contributed by atoms with Gasteiger partial charge in [-0.15, -0.1) is 0 Å². The molecule has 0 fully saturated rings. The zero-order chi connectivity index (χ0) is 28.4. The molecule has 0 unspecified atom stereocenters. The Morgan fingerprint density at radius 1 is 0.537 bits per heavy atom. The van der Waals surface area contributed by atoms with Crippen molar-refractivity contribution in [2.75, 3.05) is 0 Å². The average molecular weight is 536 g/mol. The number of aromatic nitrogens is 2. The molecular weight excluding hydrogens is 503 g/mol. The Morgan fingerprint density at radius 3 is 1.76 bits per heavy atom. The van der Waals surface area contributed by atoms with Gasteiger partial charge in [-0.25, -0.2) is 0 Å². The average Bonchev–Trinajstić information content (AvgIpc) is 3.48. The van der Waals surface area contributed by atoms with Crippen molar-refractivity contribution in [2.24, 2.45) is 0 Å². The number of aliphatic hydroxyl groups is 1. The summed E-state index contributed by atoms with van der Waals surface area (Å²) in [6, 6.07) is 41.2. The Hall–Kier alpha value is -4.32. The van der Waals surface area contributed by atoms with E-state index >= 15 is 0 Å². The number of nitrogens with zero attached hydrogens (tertiary/aromatic N) is 2. The van der Waals surface area contributed by atoms with E-state index in [9.17, 15) is 5.11 Å². The van der Waals surface area contributed by atoms with E-state index in [1.807, 2.05) is 13.8 Å². The lowest BCUT2D eigenvalue weighted by Crippen LogP contribution is -2.49. The van der Waals surface area contributed by atoms with Gasteiger partial charge in [-0.3, -0.25) is 0 Å². The molecular formula is C36H33BN2O2. The molecule has 0 saturated carbocycles. The highest BCUT2D eigenvalue weighted by atomic mass is 16.5. The fourth-order valence-corrected chi connectivity index (χ4v) is 5.78. The highest BCUT2D eigenvalue weighted by Gasteiger charge is 2.35. The molecule has 5 heteroatoms. The maximum Gasteiger partial charge on any atom is 0.309 e. The molecule has 1 N–H and O–H groups in total. The fourth-order valence-electron chi connectivity index (χ4n) is 5.78. The third-order valence-corrected chi connectivity index (χ3v) is 8.74. The van der Waals surface area contributed by atoms with Crippen molar-refractivity contribution in [1.29, 1.82) is 0 Å². The van der Waals surface area contributed by atoms with Crippen LogP contribution in [0, 0.1) is 0 Å². The third-order valence-electron chi connectivity index (χ3n) is 8.74. The van der Waals surface area contributed by atoms with Gasteiger partial charge < -0.3 is 18.9 Å². The Kier molecular flexibility index (Phi) is 5.86. The summed E-state index contributed by atoms with van der Waals surface area (Å²) in [5.41, 5.74) is 6.39. The van der Waals surface area contributed by atoms with Crippen LogP contribution >= 0.6 is 0 Å². The summed E-state index contributed by atoms with van der Waals surface area (Å²) in [6.45, 7) is 7.45. The number of hydrogen-bond acceptors (Lipinski definition) is 2. The fraction of sp³-hybridized carbons (Fsp3) is 0.167. The van der Waals surface area contributed by atoms with E-state index in [1.54, 1.807) is 13.8 Å². The van der Waals surface area contributed by atoms with Crippen molar-refractivity contribution >= 4 is 56.6 Å². The quantitative estimate of drug-likeness (QED) is 0.225. The molecule has 2 heterocycles. The van der Waals surface area contributed by atoms with E-state index in [0.717, 1.165) is 27.9 Å². The smallest absolute Gasteiger partial charge is 0.309 e. The summed E-state index contributed by atoms with van der Waals surface area (Å²) in [6.07, 6.45) is 0. The lowest BCUT2D eigenvalue weighted by atomic mass is 9.82. The molecule has 202 valence electrons. The minimum Gasteiger partial charge on any atom is -0.427 e. The summed E-state index contributed by atoms with van der Waals surface area (Å²) >= 11 is 0. The van der Waals surface area contributed by atoms with Crippen LogP contribution in [0.25, 0.3) is 55.0 Å². The van der Waals surface area contributed by atoms with Crippen molar-refractivity contribution in [3.63, 3.8) is 0 Å². The van der Waals surface area contributed by atoms with Gasteiger partial charge in [0.1, 0.15) is 0 Å². The van der Waals surface area contributed by atoms with E-state index in [4.69, 9.17) is 4.65 Å². The van der Waals surface area contributed by atoms with E-state index in [-0.39, 0.29) is 0 Å². The second kappa shape index (κ2) is 9.37. The zero-order valence-corrected chi connectivity index (χ0v) is 23.9. The number of hydrogen-bond donors (Lipinski definition) is 1. The Balaban J connectivity index is 1.44. The van der Waals surface area contributed by atoms with Crippen LogP contribution < -0.4 is 5.46 Å². The largest absolute Gasteiger partial charge is 0.427 e. The minimum atomic E-state index is -0.955. The second-order valence-corrected chi connectivity index (χ2v) is 12.0. The van der Waals surface area contributed by atoms with Crippen LogP contribution in [0.15, 0.2) is 115 Å². The van der Waals surface area contributed by atoms with Gasteiger partial charge in [0, 0.05) is 32.9 Å². The van der Waals surface area contributed by atoms with Crippen LogP contribution in [0.3, 0.4) is 0 Å². The van der Waals surface area contributed by atoms with Crippen LogP contribution in [0.5, 0.6) is 0 Å². The number of para-hydroxylation sites is 3. The first-order valence-corrected chi connectivity index (χ1v) is 14.2. The predicted molar refractivity (Wildman–Crippen MR) is 173 cm³/mol. The first-order valence-electron chi connectivity index (χ1n) is 14.2. The summed E-state index contributed by atoms with van der Waals surface area (Å²) in [4.78, 5) is 0. The zero-order valence-electron chi connectivity index (χ0n) is 23.9. The number of benzene rings is 5. The molecule has 0 aliphatic carbocycles. The van der Waals surface area contributed by atoms with Crippen LogP contribution in [0.2, 0.25) is 0 Å². The van der Waals surface area contributed by atoms with Gasteiger partial charge in [0.25, 0.3) is 0 Å². The lowest BCUT2D eigenvalue weighted by Gasteiger charge is -2.37.